The Hall–Kier alpha value is -0.670. The first-order chi connectivity index (χ1) is 6.88. The van der Waals surface area contributed by atoms with Crippen LogP contribution in [0.1, 0.15) is 37.9 Å². The molecule has 0 unspecified atom stereocenters. The molecule has 0 amide bonds. The molecule has 0 radical (unpaired) electrons. The van der Waals surface area contributed by atoms with Crippen LogP contribution in [0.5, 0.6) is 0 Å². The van der Waals surface area contributed by atoms with Gasteiger partial charge in [-0.25, -0.2) is 9.97 Å². The largest absolute Gasteiger partial charge is 0.368 e. The molecule has 15 heavy (non-hydrogen) atoms. The Balaban J connectivity index is 3.16. The third-order valence-corrected chi connectivity index (χ3v) is 2.74. The van der Waals surface area contributed by atoms with Gasteiger partial charge in [-0.1, -0.05) is 11.6 Å². The Bertz CT molecular complexity index is 341. The molecule has 0 aliphatic rings. The highest BCUT2D eigenvalue weighted by Crippen LogP contribution is 2.24. The molecular weight excluding hydrogens is 212 g/mol. The molecule has 1 heterocycles. The third kappa shape index (κ3) is 2.67. The van der Waals surface area contributed by atoms with Gasteiger partial charge in [0.1, 0.15) is 10.8 Å². The van der Waals surface area contributed by atoms with Gasteiger partial charge in [0.15, 0.2) is 5.82 Å². The zero-order chi connectivity index (χ0) is 11.6. The van der Waals surface area contributed by atoms with Gasteiger partial charge in [0.05, 0.1) is 0 Å². The molecule has 1 rings (SSSR count). The van der Waals surface area contributed by atoms with Crippen LogP contribution >= 0.6 is 11.6 Å². The highest BCUT2D eigenvalue weighted by atomic mass is 35.5. The summed E-state index contributed by atoms with van der Waals surface area (Å²) in [6.45, 7) is 10.3. The number of rotatable bonds is 3. The van der Waals surface area contributed by atoms with Gasteiger partial charge in [-0.15, -0.1) is 0 Å². The molecular formula is C11H17ClN2O. The zero-order valence-corrected chi connectivity index (χ0v) is 10.6. The minimum Gasteiger partial charge on any atom is -0.368 e. The van der Waals surface area contributed by atoms with E-state index >= 15 is 0 Å². The van der Waals surface area contributed by atoms with Crippen molar-refractivity contribution in [2.24, 2.45) is 0 Å². The van der Waals surface area contributed by atoms with Crippen molar-refractivity contribution in [1.82, 2.24) is 9.97 Å². The van der Waals surface area contributed by atoms with Crippen molar-refractivity contribution in [2.45, 2.75) is 40.2 Å². The fourth-order valence-electron chi connectivity index (χ4n) is 1.29. The average Bonchev–Trinajstić information content (AvgIpc) is 2.13. The van der Waals surface area contributed by atoms with E-state index < -0.39 is 5.60 Å². The third-order valence-electron chi connectivity index (χ3n) is 2.37. The van der Waals surface area contributed by atoms with E-state index in [1.165, 1.54) is 0 Å². The molecule has 0 saturated heterocycles. The lowest BCUT2D eigenvalue weighted by atomic mass is 10.1. The summed E-state index contributed by atoms with van der Waals surface area (Å²) in [5.41, 5.74) is 1.34. The van der Waals surface area contributed by atoms with Crippen LogP contribution in [0.4, 0.5) is 0 Å². The van der Waals surface area contributed by atoms with E-state index in [1.54, 1.807) is 0 Å². The van der Waals surface area contributed by atoms with E-state index in [0.717, 1.165) is 11.3 Å². The van der Waals surface area contributed by atoms with Crippen molar-refractivity contribution < 1.29 is 4.74 Å². The average molecular weight is 229 g/mol. The van der Waals surface area contributed by atoms with Crippen LogP contribution in [0, 0.1) is 13.8 Å². The maximum atomic E-state index is 6.02. The van der Waals surface area contributed by atoms with E-state index in [9.17, 15) is 0 Å². The first-order valence-electron chi connectivity index (χ1n) is 5.03. The first kappa shape index (κ1) is 12.4. The van der Waals surface area contributed by atoms with Crippen LogP contribution < -0.4 is 0 Å². The highest BCUT2D eigenvalue weighted by Gasteiger charge is 2.25. The number of hydrogen-bond donors (Lipinski definition) is 0. The summed E-state index contributed by atoms with van der Waals surface area (Å²) in [4.78, 5) is 8.66. The number of aromatic nitrogens is 2. The van der Waals surface area contributed by atoms with E-state index in [2.05, 4.69) is 9.97 Å². The van der Waals surface area contributed by atoms with E-state index in [0.29, 0.717) is 17.6 Å². The predicted octanol–water partition coefficient (Wildman–Crippen LogP) is 3.02. The number of hydrogen-bond acceptors (Lipinski definition) is 3. The molecule has 0 atom stereocenters. The second-order valence-corrected chi connectivity index (χ2v) is 4.35. The standard InChI is InChI=1S/C11H17ClN2O/c1-6-15-11(4,5)10-13-8(3)7(2)9(12)14-10/h6H2,1-5H3. The summed E-state index contributed by atoms with van der Waals surface area (Å²) >= 11 is 6.02. The monoisotopic (exact) mass is 228 g/mol. The smallest absolute Gasteiger partial charge is 0.161 e. The zero-order valence-electron chi connectivity index (χ0n) is 9.89. The minimum atomic E-state index is -0.489. The molecule has 4 heteroatoms. The van der Waals surface area contributed by atoms with Crippen molar-refractivity contribution in [1.29, 1.82) is 0 Å². The van der Waals surface area contributed by atoms with Crippen molar-refractivity contribution in [3.05, 3.63) is 22.2 Å². The molecule has 0 N–H and O–H groups in total. The Labute approximate surface area is 95.8 Å². The quantitative estimate of drug-likeness (QED) is 0.746. The molecule has 0 spiro atoms. The Kier molecular flexibility index (Phi) is 3.68. The van der Waals surface area contributed by atoms with E-state index in [1.807, 2.05) is 34.6 Å². The molecule has 0 fully saturated rings. The molecule has 0 aliphatic heterocycles. The number of halogens is 1. The van der Waals surface area contributed by atoms with Gasteiger partial charge in [0.25, 0.3) is 0 Å². The van der Waals surface area contributed by atoms with Crippen LogP contribution in [0.2, 0.25) is 5.15 Å². The minimum absolute atomic E-state index is 0.489. The summed E-state index contributed by atoms with van der Waals surface area (Å²) < 4.78 is 5.58. The molecule has 3 nitrogen and oxygen atoms in total. The van der Waals surface area contributed by atoms with Gasteiger partial charge in [0.2, 0.25) is 0 Å². The first-order valence-corrected chi connectivity index (χ1v) is 5.41. The van der Waals surface area contributed by atoms with Gasteiger partial charge in [-0.3, -0.25) is 0 Å². The van der Waals surface area contributed by atoms with E-state index in [4.69, 9.17) is 16.3 Å². The highest BCUT2D eigenvalue weighted by molar-refractivity contribution is 6.30. The van der Waals surface area contributed by atoms with Crippen LogP contribution in [0.15, 0.2) is 0 Å². The maximum absolute atomic E-state index is 6.02. The van der Waals surface area contributed by atoms with Crippen molar-refractivity contribution in [2.75, 3.05) is 6.61 Å². The van der Waals surface area contributed by atoms with Crippen molar-refractivity contribution in [3.63, 3.8) is 0 Å². The van der Waals surface area contributed by atoms with Crippen LogP contribution in [0.25, 0.3) is 0 Å². The normalized spacial score (nSPS) is 11.9. The van der Waals surface area contributed by atoms with Gasteiger partial charge >= 0.3 is 0 Å². The topological polar surface area (TPSA) is 35.0 Å². The Morgan fingerprint density at radius 1 is 1.27 bits per heavy atom. The van der Waals surface area contributed by atoms with Crippen molar-refractivity contribution >= 4 is 11.6 Å². The lowest BCUT2D eigenvalue weighted by Crippen LogP contribution is -2.25. The number of aryl methyl sites for hydroxylation is 1. The second-order valence-electron chi connectivity index (χ2n) is 3.99. The fraction of sp³-hybridized carbons (Fsp3) is 0.636. The second kappa shape index (κ2) is 4.45. The molecule has 0 bridgehead atoms. The summed E-state index contributed by atoms with van der Waals surface area (Å²) in [6, 6.07) is 0. The van der Waals surface area contributed by atoms with Gasteiger partial charge in [0, 0.05) is 17.9 Å². The van der Waals surface area contributed by atoms with Gasteiger partial charge < -0.3 is 4.74 Å². The lowest BCUT2D eigenvalue weighted by molar-refractivity contribution is -0.0209. The molecule has 0 aliphatic carbocycles. The Morgan fingerprint density at radius 2 is 1.87 bits per heavy atom. The summed E-state index contributed by atoms with van der Waals surface area (Å²) in [7, 11) is 0. The summed E-state index contributed by atoms with van der Waals surface area (Å²) in [6.07, 6.45) is 0. The van der Waals surface area contributed by atoms with E-state index in [-0.39, 0.29) is 0 Å². The predicted molar refractivity (Wildman–Crippen MR) is 61.2 cm³/mol. The molecule has 1 aromatic heterocycles. The van der Waals surface area contributed by atoms with Gasteiger partial charge in [-0.05, 0) is 34.6 Å². The lowest BCUT2D eigenvalue weighted by Gasteiger charge is -2.23. The van der Waals surface area contributed by atoms with Crippen LogP contribution in [-0.2, 0) is 10.3 Å². The molecule has 84 valence electrons. The summed E-state index contributed by atoms with van der Waals surface area (Å²) in [5, 5.41) is 0.505. The Morgan fingerprint density at radius 3 is 2.33 bits per heavy atom. The van der Waals surface area contributed by atoms with Crippen LogP contribution in [-0.4, -0.2) is 16.6 Å². The maximum Gasteiger partial charge on any atom is 0.161 e. The van der Waals surface area contributed by atoms with Gasteiger partial charge in [-0.2, -0.15) is 0 Å². The number of nitrogens with zero attached hydrogens (tertiary/aromatic N) is 2. The SMILES string of the molecule is CCOC(C)(C)c1nc(C)c(C)c(Cl)n1. The van der Waals surface area contributed by atoms with Crippen LogP contribution in [0.3, 0.4) is 0 Å². The molecule has 1 aromatic rings. The van der Waals surface area contributed by atoms with Crippen molar-refractivity contribution in [3.8, 4) is 0 Å². The molecule has 0 saturated carbocycles. The summed E-state index contributed by atoms with van der Waals surface area (Å²) in [5.74, 6) is 0.637. The molecule has 0 aromatic carbocycles. The number of ether oxygens (including phenoxy) is 1. The fourth-order valence-corrected chi connectivity index (χ4v) is 1.51.